The summed E-state index contributed by atoms with van der Waals surface area (Å²) in [5.41, 5.74) is 9.00. The molecule has 0 saturated heterocycles. The van der Waals surface area contributed by atoms with Gasteiger partial charge in [0.05, 0.1) is 35.5 Å². The molecule has 0 N–H and O–H groups in total. The predicted molar refractivity (Wildman–Crippen MR) is 210 cm³/mol. The number of hydrogen-bond donors (Lipinski definition) is 0. The first kappa shape index (κ1) is 35.6. The monoisotopic (exact) mass is 728 g/mol. The van der Waals surface area contributed by atoms with Gasteiger partial charge in [-0.05, 0) is 122 Å². The first-order valence-electron chi connectivity index (χ1n) is 18.5. The van der Waals surface area contributed by atoms with Gasteiger partial charge in [-0.2, -0.15) is 0 Å². The predicted octanol–water partition coefficient (Wildman–Crippen LogP) is 8.84. The third kappa shape index (κ3) is 6.35. The van der Waals surface area contributed by atoms with E-state index in [4.69, 9.17) is 33.2 Å². The van der Waals surface area contributed by atoms with Crippen LogP contribution in [0, 0.1) is 0 Å². The molecule has 6 bridgehead atoms. The summed E-state index contributed by atoms with van der Waals surface area (Å²) in [6, 6.07) is 27.1. The van der Waals surface area contributed by atoms with Gasteiger partial charge in [-0.25, -0.2) is 0 Å². The molecule has 0 unspecified atom stereocenters. The number of ether oxygens (including phenoxy) is 7. The number of likely N-dealkylation sites (N-methyl/N-ethyl adjacent to an activating group) is 2. The highest BCUT2D eigenvalue weighted by Gasteiger charge is 2.37. The van der Waals surface area contributed by atoms with Crippen molar-refractivity contribution in [3.63, 3.8) is 0 Å². The highest BCUT2D eigenvalue weighted by molar-refractivity contribution is 5.83. The lowest BCUT2D eigenvalue weighted by Crippen LogP contribution is -2.34. The molecule has 280 valence electrons. The SMILES string of the molecule is COc1ccc(-c2c3c4c(c(OC)c2OC)Oc2cc5c(cc2OC)CCN(C)[C@H]5Cc2ccc(cc2)Oc2cc(ccc2OC)C[C@@H]4N(C)CC3)cc1. The average Bonchev–Trinajstić information content (AvgIpc) is 3.20. The number of methoxy groups -OCH3 is 5. The van der Waals surface area contributed by atoms with Gasteiger partial charge >= 0.3 is 0 Å². The van der Waals surface area contributed by atoms with Gasteiger partial charge in [0.15, 0.2) is 34.5 Å². The van der Waals surface area contributed by atoms with Crippen molar-refractivity contribution in [2.24, 2.45) is 0 Å². The molecule has 9 nitrogen and oxygen atoms in total. The zero-order valence-corrected chi connectivity index (χ0v) is 32.2. The van der Waals surface area contributed by atoms with Gasteiger partial charge in [-0.1, -0.05) is 30.3 Å². The summed E-state index contributed by atoms with van der Waals surface area (Å²) in [6.07, 6.45) is 3.19. The van der Waals surface area contributed by atoms with E-state index in [-0.39, 0.29) is 12.1 Å². The molecule has 0 amide bonds. The first-order chi connectivity index (χ1) is 26.3. The third-order valence-corrected chi connectivity index (χ3v) is 11.4. The highest BCUT2D eigenvalue weighted by atomic mass is 16.5. The Morgan fingerprint density at radius 1 is 0.593 bits per heavy atom. The fourth-order valence-electron chi connectivity index (χ4n) is 8.47. The number of hydrogen-bond acceptors (Lipinski definition) is 9. The second-order valence-corrected chi connectivity index (χ2v) is 14.3. The van der Waals surface area contributed by atoms with Gasteiger partial charge in [-0.3, -0.25) is 9.80 Å². The van der Waals surface area contributed by atoms with Crippen LogP contribution in [0.25, 0.3) is 11.1 Å². The van der Waals surface area contributed by atoms with Crippen LogP contribution in [0.15, 0.2) is 78.9 Å². The minimum Gasteiger partial charge on any atom is -0.497 e. The molecule has 4 aliphatic rings. The molecule has 0 radical (unpaired) electrons. The Labute approximate surface area is 317 Å². The van der Waals surface area contributed by atoms with E-state index in [0.717, 1.165) is 71.7 Å². The van der Waals surface area contributed by atoms with E-state index < -0.39 is 0 Å². The number of fused-ring (bicyclic) bond motifs is 2. The van der Waals surface area contributed by atoms with E-state index in [0.29, 0.717) is 46.7 Å². The van der Waals surface area contributed by atoms with Gasteiger partial charge in [-0.15, -0.1) is 0 Å². The molecule has 54 heavy (non-hydrogen) atoms. The summed E-state index contributed by atoms with van der Waals surface area (Å²) in [5, 5.41) is 0. The first-order valence-corrected chi connectivity index (χ1v) is 18.5. The standard InChI is InChI=1S/C45H48N2O7/c1-46-20-18-30-25-38(50-5)40-26-34(30)35(46)22-27-8-13-32(14-9-27)53-39-24-28(10-17-37(39)49-4)23-36-42-33(19-21-47(36)2)41(29-11-15-31(48-3)16-12-29)43(51-6)45(52-7)44(42)54-40/h8-17,24-26,35-36H,18-23H2,1-7H3/t35-,36-/m0/s1. The van der Waals surface area contributed by atoms with Gasteiger partial charge in [0.2, 0.25) is 5.75 Å². The Hall–Kier alpha value is -5.38. The Kier molecular flexibility index (Phi) is 9.77. The molecule has 9 rings (SSSR count). The molecule has 0 aliphatic carbocycles. The highest BCUT2D eigenvalue weighted by Crippen LogP contribution is 2.56. The molecule has 0 aromatic heterocycles. The Morgan fingerprint density at radius 2 is 1.26 bits per heavy atom. The smallest absolute Gasteiger partial charge is 0.204 e. The summed E-state index contributed by atoms with van der Waals surface area (Å²) in [7, 11) is 12.8. The van der Waals surface area contributed by atoms with Crippen molar-refractivity contribution in [1.82, 2.24) is 9.80 Å². The second-order valence-electron chi connectivity index (χ2n) is 14.3. The van der Waals surface area contributed by atoms with E-state index in [1.165, 1.54) is 16.7 Å². The van der Waals surface area contributed by atoms with Gasteiger partial charge in [0.1, 0.15) is 11.5 Å². The zero-order valence-electron chi connectivity index (χ0n) is 32.2. The van der Waals surface area contributed by atoms with E-state index in [1.807, 2.05) is 18.2 Å². The molecule has 9 heteroatoms. The van der Waals surface area contributed by atoms with Crippen LogP contribution in [-0.4, -0.2) is 72.5 Å². The van der Waals surface area contributed by atoms with Crippen molar-refractivity contribution >= 4 is 0 Å². The number of benzene rings is 5. The number of rotatable bonds is 6. The Bertz CT molecular complexity index is 2170. The van der Waals surface area contributed by atoms with Gasteiger partial charge < -0.3 is 33.2 Å². The van der Waals surface area contributed by atoms with Gasteiger partial charge in [0.25, 0.3) is 0 Å². The van der Waals surface area contributed by atoms with Crippen LogP contribution in [0.2, 0.25) is 0 Å². The molecular formula is C45H48N2O7. The van der Waals surface area contributed by atoms with Crippen LogP contribution in [0.1, 0.15) is 45.5 Å². The van der Waals surface area contributed by atoms with Gasteiger partial charge in [0, 0.05) is 36.3 Å². The summed E-state index contributed by atoms with van der Waals surface area (Å²) >= 11 is 0. The van der Waals surface area contributed by atoms with Crippen molar-refractivity contribution in [3.8, 4) is 62.9 Å². The minimum atomic E-state index is -0.0949. The molecule has 0 fully saturated rings. The fraction of sp³-hybridized carbons (Fsp3) is 0.333. The maximum Gasteiger partial charge on any atom is 0.204 e. The summed E-state index contributed by atoms with van der Waals surface area (Å²) in [5.74, 6) is 5.99. The lowest BCUT2D eigenvalue weighted by atomic mass is 9.82. The number of nitrogens with zero attached hydrogens (tertiary/aromatic N) is 2. The molecule has 2 atom stereocenters. The van der Waals surface area contributed by atoms with E-state index in [2.05, 4.69) is 84.6 Å². The normalized spacial score (nSPS) is 18.0. The van der Waals surface area contributed by atoms with Crippen LogP contribution < -0.4 is 33.2 Å². The molecule has 0 spiro atoms. The molecule has 0 saturated carbocycles. The van der Waals surface area contributed by atoms with E-state index >= 15 is 0 Å². The average molecular weight is 729 g/mol. The third-order valence-electron chi connectivity index (χ3n) is 11.4. The van der Waals surface area contributed by atoms with Crippen LogP contribution in [0.5, 0.6) is 51.7 Å². The largest absolute Gasteiger partial charge is 0.497 e. The minimum absolute atomic E-state index is 0.0949. The van der Waals surface area contributed by atoms with Crippen molar-refractivity contribution in [1.29, 1.82) is 0 Å². The topological polar surface area (TPSA) is 71.1 Å². The molecular weight excluding hydrogens is 681 g/mol. The fourth-order valence-corrected chi connectivity index (χ4v) is 8.47. The van der Waals surface area contributed by atoms with Crippen molar-refractivity contribution < 1.29 is 33.2 Å². The lowest BCUT2D eigenvalue weighted by molar-refractivity contribution is 0.220. The van der Waals surface area contributed by atoms with Crippen LogP contribution in [0.3, 0.4) is 0 Å². The molecule has 5 aromatic carbocycles. The van der Waals surface area contributed by atoms with Crippen molar-refractivity contribution in [2.45, 2.75) is 37.8 Å². The van der Waals surface area contributed by atoms with Crippen molar-refractivity contribution in [2.75, 3.05) is 62.7 Å². The maximum absolute atomic E-state index is 7.24. The van der Waals surface area contributed by atoms with E-state index in [9.17, 15) is 0 Å². The Balaban J connectivity index is 1.41. The quantitative estimate of drug-likeness (QED) is 0.171. The summed E-state index contributed by atoms with van der Waals surface area (Å²) in [6.45, 7) is 1.77. The van der Waals surface area contributed by atoms with Crippen LogP contribution in [0.4, 0.5) is 0 Å². The summed E-state index contributed by atoms with van der Waals surface area (Å²) in [4.78, 5) is 4.83. The Morgan fingerprint density at radius 3 is 1.96 bits per heavy atom. The second kappa shape index (κ2) is 14.8. The van der Waals surface area contributed by atoms with Crippen molar-refractivity contribution in [3.05, 3.63) is 112 Å². The molecule has 4 heterocycles. The van der Waals surface area contributed by atoms with Crippen LogP contribution >= 0.6 is 0 Å². The molecule has 4 aliphatic heterocycles. The maximum atomic E-state index is 7.24. The van der Waals surface area contributed by atoms with E-state index in [1.54, 1.807) is 35.5 Å². The molecule has 5 aromatic rings. The summed E-state index contributed by atoms with van der Waals surface area (Å²) < 4.78 is 43.8. The zero-order chi connectivity index (χ0) is 37.5. The van der Waals surface area contributed by atoms with Crippen LogP contribution in [-0.2, 0) is 25.7 Å². The lowest BCUT2D eigenvalue weighted by Gasteiger charge is -2.38.